The topological polar surface area (TPSA) is 38.9 Å². The highest BCUT2D eigenvalue weighted by Crippen LogP contribution is 2.52. The van der Waals surface area contributed by atoms with Crippen molar-refractivity contribution in [3.8, 4) is 0 Å². The number of halogens is 3. The van der Waals surface area contributed by atoms with Crippen molar-refractivity contribution in [3.05, 3.63) is 29.0 Å². The number of nitrogens with two attached hydrogens (primary N) is 1. The number of hydrogen-bond acceptors (Lipinski definition) is 2. The van der Waals surface area contributed by atoms with E-state index in [9.17, 15) is 8.78 Å². The number of alkyl halides is 2. The molecule has 15 heavy (non-hydrogen) atoms. The molecule has 2 N–H and O–H groups in total. The predicted octanol–water partition coefficient (Wildman–Crippen LogP) is 2.36. The monoisotopic (exact) mass is 232 g/mol. The van der Waals surface area contributed by atoms with Crippen molar-refractivity contribution in [1.82, 2.24) is 4.98 Å². The molecule has 1 fully saturated rings. The minimum absolute atomic E-state index is 0.195. The molecule has 1 heterocycles. The summed E-state index contributed by atoms with van der Waals surface area (Å²) in [7, 11) is 0. The van der Waals surface area contributed by atoms with Crippen molar-refractivity contribution >= 4 is 11.6 Å². The fourth-order valence-corrected chi connectivity index (χ4v) is 2.21. The molecule has 1 saturated carbocycles. The first kappa shape index (κ1) is 10.8. The molecule has 0 atom stereocenters. The lowest BCUT2D eigenvalue weighted by Gasteiger charge is -2.46. The van der Waals surface area contributed by atoms with Gasteiger partial charge in [0.05, 0.1) is 0 Å². The van der Waals surface area contributed by atoms with Crippen molar-refractivity contribution < 1.29 is 8.78 Å². The number of nitrogens with zero attached hydrogens (tertiary/aromatic N) is 1. The second-order valence-corrected chi connectivity index (χ2v) is 4.45. The van der Waals surface area contributed by atoms with Gasteiger partial charge in [-0.1, -0.05) is 17.7 Å². The zero-order chi connectivity index (χ0) is 11.1. The minimum Gasteiger partial charge on any atom is -0.330 e. The number of pyridine rings is 1. The molecule has 1 aromatic heterocycles. The summed E-state index contributed by atoms with van der Waals surface area (Å²) in [6.07, 6.45) is 1.14. The van der Waals surface area contributed by atoms with Crippen LogP contribution in [0.15, 0.2) is 18.3 Å². The molecule has 2 nitrogen and oxygen atoms in total. The standard InChI is InChI=1S/C10H11ClF2N2/c11-8-2-1-7(3-15-8)9(6-14)4-10(12,13)5-9/h1-3H,4-6,14H2. The molecule has 0 bridgehead atoms. The SMILES string of the molecule is NCC1(c2ccc(Cl)nc2)CC(F)(F)C1. The van der Waals surface area contributed by atoms with Crippen molar-refractivity contribution in [3.63, 3.8) is 0 Å². The van der Waals surface area contributed by atoms with Gasteiger partial charge in [0.15, 0.2) is 0 Å². The Hall–Kier alpha value is -0.740. The first-order valence-corrected chi connectivity index (χ1v) is 5.05. The van der Waals surface area contributed by atoms with E-state index in [0.717, 1.165) is 5.56 Å². The van der Waals surface area contributed by atoms with Crippen LogP contribution >= 0.6 is 11.6 Å². The molecule has 2 rings (SSSR count). The highest BCUT2D eigenvalue weighted by molar-refractivity contribution is 6.29. The van der Waals surface area contributed by atoms with E-state index in [4.69, 9.17) is 17.3 Å². The van der Waals surface area contributed by atoms with E-state index >= 15 is 0 Å². The van der Waals surface area contributed by atoms with E-state index < -0.39 is 11.3 Å². The lowest BCUT2D eigenvalue weighted by molar-refractivity contribution is -0.123. The van der Waals surface area contributed by atoms with Gasteiger partial charge in [-0.3, -0.25) is 0 Å². The highest BCUT2D eigenvalue weighted by atomic mass is 35.5. The molecular formula is C10H11ClF2N2. The summed E-state index contributed by atoms with van der Waals surface area (Å²) in [5.41, 5.74) is 5.71. The molecule has 1 aromatic rings. The zero-order valence-electron chi connectivity index (χ0n) is 8.01. The molecule has 82 valence electrons. The lowest BCUT2D eigenvalue weighted by Crippen LogP contribution is -2.53. The molecule has 0 radical (unpaired) electrons. The van der Waals surface area contributed by atoms with E-state index in [1.165, 1.54) is 6.20 Å². The van der Waals surface area contributed by atoms with E-state index in [2.05, 4.69) is 4.98 Å². The quantitative estimate of drug-likeness (QED) is 0.795. The van der Waals surface area contributed by atoms with Crippen LogP contribution in [0.3, 0.4) is 0 Å². The Morgan fingerprint density at radius 3 is 2.47 bits per heavy atom. The predicted molar refractivity (Wildman–Crippen MR) is 54.2 cm³/mol. The van der Waals surface area contributed by atoms with E-state index in [-0.39, 0.29) is 19.4 Å². The summed E-state index contributed by atoms with van der Waals surface area (Å²) in [4.78, 5) is 3.89. The minimum atomic E-state index is -2.58. The van der Waals surface area contributed by atoms with Gasteiger partial charge >= 0.3 is 0 Å². The summed E-state index contributed by atoms with van der Waals surface area (Å²) < 4.78 is 25.8. The molecule has 0 spiro atoms. The first-order chi connectivity index (χ1) is 6.97. The van der Waals surface area contributed by atoms with Crippen LogP contribution in [0, 0.1) is 0 Å². The smallest absolute Gasteiger partial charge is 0.250 e. The van der Waals surface area contributed by atoms with Crippen LogP contribution in [0.1, 0.15) is 18.4 Å². The van der Waals surface area contributed by atoms with Gasteiger partial charge in [-0.2, -0.15) is 0 Å². The maximum absolute atomic E-state index is 12.9. The van der Waals surface area contributed by atoms with E-state index in [1.54, 1.807) is 12.1 Å². The first-order valence-electron chi connectivity index (χ1n) is 4.67. The normalized spacial score (nSPS) is 22.1. The third-order valence-electron chi connectivity index (χ3n) is 2.92. The van der Waals surface area contributed by atoms with Gasteiger partial charge in [-0.25, -0.2) is 13.8 Å². The van der Waals surface area contributed by atoms with Crippen LogP contribution in [0.25, 0.3) is 0 Å². The maximum atomic E-state index is 12.9. The van der Waals surface area contributed by atoms with Gasteiger partial charge in [0.2, 0.25) is 5.92 Å². The molecule has 5 heteroatoms. The second-order valence-electron chi connectivity index (χ2n) is 4.06. The fraction of sp³-hybridized carbons (Fsp3) is 0.500. The van der Waals surface area contributed by atoms with Gasteiger partial charge in [-0.15, -0.1) is 0 Å². The Kier molecular flexibility index (Phi) is 2.43. The Bertz CT molecular complexity index is 356. The van der Waals surface area contributed by atoms with Crippen molar-refractivity contribution in [2.24, 2.45) is 5.73 Å². The van der Waals surface area contributed by atoms with Gasteiger partial charge in [-0.05, 0) is 11.6 Å². The molecule has 0 amide bonds. The maximum Gasteiger partial charge on any atom is 0.250 e. The van der Waals surface area contributed by atoms with Crippen molar-refractivity contribution in [2.45, 2.75) is 24.2 Å². The molecular weight excluding hydrogens is 222 g/mol. The second kappa shape index (κ2) is 3.39. The number of rotatable bonds is 2. The molecule has 1 aliphatic carbocycles. The van der Waals surface area contributed by atoms with Crippen LogP contribution in [0.4, 0.5) is 8.78 Å². The summed E-state index contributed by atoms with van der Waals surface area (Å²) >= 11 is 5.63. The van der Waals surface area contributed by atoms with Crippen LogP contribution in [0.5, 0.6) is 0 Å². The Morgan fingerprint density at radius 2 is 2.07 bits per heavy atom. The molecule has 0 saturated heterocycles. The summed E-state index contributed by atoms with van der Waals surface area (Å²) in [5.74, 6) is -2.58. The molecule has 0 unspecified atom stereocenters. The Morgan fingerprint density at radius 1 is 1.40 bits per heavy atom. The number of hydrogen-bond donors (Lipinski definition) is 1. The largest absolute Gasteiger partial charge is 0.330 e. The molecule has 0 aromatic carbocycles. The van der Waals surface area contributed by atoms with E-state index in [0.29, 0.717) is 5.15 Å². The van der Waals surface area contributed by atoms with E-state index in [1.807, 2.05) is 0 Å². The summed E-state index contributed by atoms with van der Waals surface area (Å²) in [6, 6.07) is 3.32. The van der Waals surface area contributed by atoms with Crippen LogP contribution < -0.4 is 5.73 Å². The lowest BCUT2D eigenvalue weighted by atomic mass is 9.62. The fourth-order valence-electron chi connectivity index (χ4n) is 2.09. The van der Waals surface area contributed by atoms with Crippen LogP contribution in [-0.2, 0) is 5.41 Å². The van der Waals surface area contributed by atoms with Crippen LogP contribution in [-0.4, -0.2) is 17.5 Å². The summed E-state index contributed by atoms with van der Waals surface area (Å²) in [6.45, 7) is 0.214. The molecule has 0 aliphatic heterocycles. The number of aromatic nitrogens is 1. The Balaban J connectivity index is 2.25. The van der Waals surface area contributed by atoms with Gasteiger partial charge in [0.1, 0.15) is 5.15 Å². The summed E-state index contributed by atoms with van der Waals surface area (Å²) in [5, 5.41) is 0.358. The molecule has 1 aliphatic rings. The van der Waals surface area contributed by atoms with Crippen molar-refractivity contribution in [2.75, 3.05) is 6.54 Å². The third kappa shape index (κ3) is 1.84. The van der Waals surface area contributed by atoms with Gasteiger partial charge in [0, 0.05) is 31.0 Å². The third-order valence-corrected chi connectivity index (χ3v) is 3.15. The zero-order valence-corrected chi connectivity index (χ0v) is 8.77. The average Bonchev–Trinajstić information content (AvgIpc) is 2.14. The van der Waals surface area contributed by atoms with Crippen LogP contribution in [0.2, 0.25) is 5.15 Å². The highest BCUT2D eigenvalue weighted by Gasteiger charge is 2.56. The van der Waals surface area contributed by atoms with Gasteiger partial charge in [0.25, 0.3) is 0 Å². The average molecular weight is 233 g/mol. The van der Waals surface area contributed by atoms with Crippen molar-refractivity contribution in [1.29, 1.82) is 0 Å². The Labute approximate surface area is 91.4 Å². The van der Waals surface area contributed by atoms with Gasteiger partial charge < -0.3 is 5.73 Å².